The molecule has 2 heterocycles. The van der Waals surface area contributed by atoms with Gasteiger partial charge in [0.05, 0.1) is 0 Å². The summed E-state index contributed by atoms with van der Waals surface area (Å²) >= 11 is 0. The third-order valence-corrected chi connectivity index (χ3v) is 2.86. The zero-order valence-corrected chi connectivity index (χ0v) is 10.2. The number of hydrogen-bond acceptors (Lipinski definition) is 1. The van der Waals surface area contributed by atoms with E-state index in [0.717, 1.165) is 19.1 Å². The Morgan fingerprint density at radius 2 is 2.00 bits per heavy atom. The van der Waals surface area contributed by atoms with Crippen molar-refractivity contribution in [1.29, 1.82) is 0 Å². The molecule has 0 aromatic heterocycles. The van der Waals surface area contributed by atoms with Crippen molar-refractivity contribution in [2.75, 3.05) is 19.6 Å². The first-order valence-electron chi connectivity index (χ1n) is 4.15. The van der Waals surface area contributed by atoms with E-state index in [4.69, 9.17) is 0 Å². The van der Waals surface area contributed by atoms with Crippen LogP contribution in [0.4, 0.5) is 0 Å². The molecule has 2 saturated heterocycles. The summed E-state index contributed by atoms with van der Waals surface area (Å²) < 4.78 is 0. The first kappa shape index (κ1) is 10.1. The van der Waals surface area contributed by atoms with Gasteiger partial charge in [-0.2, -0.15) is 0 Å². The van der Waals surface area contributed by atoms with Gasteiger partial charge in [0.2, 0.25) is 0 Å². The Hall–Kier alpha value is 1.02. The standard InChI is InChI=1S/C8H15N2.Y/c1-7(2)10-4-3-8(10)5-9-6-8;/h7H,3-6H2,1-2H3;/q-1;. The summed E-state index contributed by atoms with van der Waals surface area (Å²) in [5, 5.41) is 4.28. The van der Waals surface area contributed by atoms with Gasteiger partial charge in [-0.1, -0.05) is 0 Å². The molecule has 0 unspecified atom stereocenters. The van der Waals surface area contributed by atoms with Gasteiger partial charge >= 0.3 is 0 Å². The second-order valence-corrected chi connectivity index (χ2v) is 3.80. The van der Waals surface area contributed by atoms with Crippen LogP contribution in [0.15, 0.2) is 0 Å². The first-order chi connectivity index (χ1) is 4.75. The summed E-state index contributed by atoms with van der Waals surface area (Å²) in [6.45, 7) is 8.06. The van der Waals surface area contributed by atoms with Gasteiger partial charge in [0.15, 0.2) is 0 Å². The van der Waals surface area contributed by atoms with Gasteiger partial charge in [-0.25, -0.2) is 0 Å². The van der Waals surface area contributed by atoms with Crippen LogP contribution in [0.3, 0.4) is 0 Å². The predicted octanol–water partition coefficient (Wildman–Crippen LogP) is 1.22. The fourth-order valence-electron chi connectivity index (χ4n) is 2.07. The van der Waals surface area contributed by atoms with Gasteiger partial charge in [0, 0.05) is 45.3 Å². The van der Waals surface area contributed by atoms with E-state index in [2.05, 4.69) is 24.1 Å². The van der Waals surface area contributed by atoms with Gasteiger partial charge in [-0.3, -0.25) is 4.90 Å². The van der Waals surface area contributed by atoms with Crippen LogP contribution >= 0.6 is 0 Å². The molecule has 0 aromatic carbocycles. The van der Waals surface area contributed by atoms with E-state index >= 15 is 0 Å². The molecule has 0 saturated carbocycles. The molecule has 2 aliphatic rings. The van der Waals surface area contributed by atoms with E-state index in [1.165, 1.54) is 13.0 Å². The number of rotatable bonds is 1. The van der Waals surface area contributed by atoms with Gasteiger partial charge < -0.3 is 5.32 Å². The van der Waals surface area contributed by atoms with E-state index < -0.39 is 0 Å². The van der Waals surface area contributed by atoms with Gasteiger partial charge in [-0.15, -0.1) is 13.1 Å². The normalized spacial score (nSPS) is 27.5. The number of nitrogens with zero attached hydrogens (tertiary/aromatic N) is 2. The minimum Gasteiger partial charge on any atom is -0.659 e. The summed E-state index contributed by atoms with van der Waals surface area (Å²) in [4.78, 5) is 2.58. The van der Waals surface area contributed by atoms with Gasteiger partial charge in [-0.05, 0) is 25.8 Å². The van der Waals surface area contributed by atoms with Crippen LogP contribution in [-0.2, 0) is 32.7 Å². The molecule has 0 aromatic rings. The van der Waals surface area contributed by atoms with E-state index in [-0.39, 0.29) is 32.7 Å². The van der Waals surface area contributed by atoms with Crippen LogP contribution in [0.5, 0.6) is 0 Å². The molecule has 0 bridgehead atoms. The van der Waals surface area contributed by atoms with Crippen molar-refractivity contribution in [1.82, 2.24) is 4.90 Å². The maximum Gasteiger partial charge on any atom is 0.00427 e. The molecular formula is C8H15N2Y-. The fourth-order valence-corrected chi connectivity index (χ4v) is 2.07. The molecule has 0 aliphatic carbocycles. The van der Waals surface area contributed by atoms with Crippen LogP contribution in [0.1, 0.15) is 20.3 Å². The summed E-state index contributed by atoms with van der Waals surface area (Å²) in [6.07, 6.45) is 1.38. The Kier molecular flexibility index (Phi) is 3.13. The molecular weight excluding hydrogens is 213 g/mol. The van der Waals surface area contributed by atoms with Crippen LogP contribution in [0, 0.1) is 0 Å². The molecule has 1 radical (unpaired) electrons. The van der Waals surface area contributed by atoms with Crippen molar-refractivity contribution in [2.24, 2.45) is 0 Å². The Morgan fingerprint density at radius 3 is 2.09 bits per heavy atom. The molecule has 0 N–H and O–H groups in total. The maximum atomic E-state index is 4.28. The average Bonchev–Trinajstić information content (AvgIpc) is 1.53. The van der Waals surface area contributed by atoms with E-state index in [0.29, 0.717) is 5.54 Å². The fraction of sp³-hybridized carbons (Fsp3) is 1.00. The minimum absolute atomic E-state index is 0. The summed E-state index contributed by atoms with van der Waals surface area (Å²) in [7, 11) is 0. The molecule has 11 heavy (non-hydrogen) atoms. The van der Waals surface area contributed by atoms with Crippen LogP contribution in [0.2, 0.25) is 0 Å². The molecule has 61 valence electrons. The molecule has 0 amide bonds. The van der Waals surface area contributed by atoms with E-state index in [1.54, 1.807) is 0 Å². The van der Waals surface area contributed by atoms with E-state index in [1.807, 2.05) is 0 Å². The van der Waals surface area contributed by atoms with Crippen molar-refractivity contribution in [3.8, 4) is 0 Å². The third kappa shape index (κ3) is 1.43. The smallest absolute Gasteiger partial charge is 0.00427 e. The molecule has 2 nitrogen and oxygen atoms in total. The molecule has 2 fully saturated rings. The average molecular weight is 228 g/mol. The monoisotopic (exact) mass is 228 g/mol. The molecule has 1 spiro atoms. The maximum absolute atomic E-state index is 4.28. The van der Waals surface area contributed by atoms with Crippen LogP contribution in [0.25, 0.3) is 5.32 Å². The Labute approximate surface area is 94.0 Å². The first-order valence-corrected chi connectivity index (χ1v) is 4.15. The second-order valence-electron chi connectivity index (χ2n) is 3.80. The largest absolute Gasteiger partial charge is 0.659 e. The van der Waals surface area contributed by atoms with Crippen molar-refractivity contribution in [2.45, 2.75) is 31.8 Å². The number of likely N-dealkylation sites (tertiary alicyclic amines) is 1. The van der Waals surface area contributed by atoms with Crippen molar-refractivity contribution < 1.29 is 32.7 Å². The Bertz CT molecular complexity index is 138. The van der Waals surface area contributed by atoms with Gasteiger partial charge in [0.1, 0.15) is 0 Å². The topological polar surface area (TPSA) is 17.3 Å². The summed E-state index contributed by atoms with van der Waals surface area (Å²) in [5.41, 5.74) is 0.550. The zero-order valence-electron chi connectivity index (χ0n) is 7.38. The van der Waals surface area contributed by atoms with Crippen molar-refractivity contribution in [3.05, 3.63) is 5.32 Å². The molecule has 2 rings (SSSR count). The van der Waals surface area contributed by atoms with Gasteiger partial charge in [0.25, 0.3) is 0 Å². The molecule has 0 atom stereocenters. The van der Waals surface area contributed by atoms with E-state index in [9.17, 15) is 0 Å². The third-order valence-electron chi connectivity index (χ3n) is 2.86. The SMILES string of the molecule is CC(C)N1CCC12C[N-]C2.[Y]. The predicted molar refractivity (Wildman–Crippen MR) is 42.3 cm³/mol. The van der Waals surface area contributed by atoms with Crippen LogP contribution in [-0.4, -0.2) is 36.1 Å². The quantitative estimate of drug-likeness (QED) is 0.659. The van der Waals surface area contributed by atoms with Crippen molar-refractivity contribution >= 4 is 0 Å². The summed E-state index contributed by atoms with van der Waals surface area (Å²) in [6, 6.07) is 0.726. The van der Waals surface area contributed by atoms with Crippen molar-refractivity contribution in [3.63, 3.8) is 0 Å². The molecule has 2 aliphatic heterocycles. The molecule has 3 heteroatoms. The zero-order chi connectivity index (χ0) is 7.19. The minimum atomic E-state index is 0. The number of hydrogen-bond donors (Lipinski definition) is 0. The second kappa shape index (κ2) is 3.41. The Morgan fingerprint density at radius 1 is 1.36 bits per heavy atom. The van der Waals surface area contributed by atoms with Crippen LogP contribution < -0.4 is 0 Å². The Balaban J connectivity index is 0.000000605. The summed E-state index contributed by atoms with van der Waals surface area (Å²) in [5.74, 6) is 0.